The lowest BCUT2D eigenvalue weighted by molar-refractivity contribution is 0.480. The number of aromatic hydroxyl groups is 1. The van der Waals surface area contributed by atoms with Crippen LogP contribution in [0.5, 0.6) is 5.75 Å². The molecule has 0 saturated carbocycles. The van der Waals surface area contributed by atoms with Crippen molar-refractivity contribution in [2.24, 2.45) is 0 Å². The molecule has 0 saturated heterocycles. The third kappa shape index (κ3) is 3.02. The minimum Gasteiger partial charge on any atom is -0.506 e. The van der Waals surface area contributed by atoms with Crippen LogP contribution in [0.25, 0.3) is 22.2 Å². The fourth-order valence-electron chi connectivity index (χ4n) is 3.94. The van der Waals surface area contributed by atoms with E-state index in [0.29, 0.717) is 5.52 Å². The molecule has 148 valence electrons. The monoisotopic (exact) mass is 419 g/mol. The predicted octanol–water partition coefficient (Wildman–Crippen LogP) is 6.94. The third-order valence-electron chi connectivity index (χ3n) is 5.40. The number of phenols is 1. The smallest absolute Gasteiger partial charge is 0.141 e. The van der Waals surface area contributed by atoms with Crippen LogP contribution in [0, 0.1) is 0 Å². The van der Waals surface area contributed by atoms with E-state index in [2.05, 4.69) is 52.3 Å². The van der Waals surface area contributed by atoms with Gasteiger partial charge >= 0.3 is 0 Å². The van der Waals surface area contributed by atoms with Gasteiger partial charge in [-0.2, -0.15) is 0 Å². The van der Waals surface area contributed by atoms with Crippen molar-refractivity contribution in [3.05, 3.63) is 97.2 Å². The van der Waals surface area contributed by atoms with Crippen molar-refractivity contribution in [2.45, 2.75) is 9.79 Å². The Morgan fingerprint density at radius 3 is 2.52 bits per heavy atom. The van der Waals surface area contributed by atoms with Crippen LogP contribution < -0.4 is 4.90 Å². The van der Waals surface area contributed by atoms with E-state index >= 15 is 0 Å². The van der Waals surface area contributed by atoms with E-state index in [0.717, 1.165) is 38.7 Å². The lowest BCUT2D eigenvalue weighted by Crippen LogP contribution is -2.16. The van der Waals surface area contributed by atoms with Gasteiger partial charge in [0.2, 0.25) is 0 Å². The fourth-order valence-corrected chi connectivity index (χ4v) is 4.98. The quantitative estimate of drug-likeness (QED) is 0.329. The molecule has 3 aromatic carbocycles. The first kappa shape index (κ1) is 18.0. The van der Waals surface area contributed by atoms with Crippen LogP contribution in [0.15, 0.2) is 107 Å². The van der Waals surface area contributed by atoms with E-state index in [1.807, 2.05) is 48.7 Å². The first-order valence-electron chi connectivity index (χ1n) is 9.99. The van der Waals surface area contributed by atoms with E-state index in [9.17, 15) is 5.11 Å². The standard InChI is InChI=1S/C26H17N3OS/c30-22-8-5-6-17-11-13-19(28-26(17)22)18-12-14-24-21(16-18)29(25-10-3-4-15-27-25)20-7-1-2-9-23(20)31-24/h1-16,30H. The van der Waals surface area contributed by atoms with Gasteiger partial charge in [0.15, 0.2) is 0 Å². The molecule has 0 radical (unpaired) electrons. The highest BCUT2D eigenvalue weighted by molar-refractivity contribution is 7.99. The van der Waals surface area contributed by atoms with E-state index < -0.39 is 0 Å². The van der Waals surface area contributed by atoms with Crippen LogP contribution in [0.1, 0.15) is 0 Å². The Morgan fingerprint density at radius 2 is 1.61 bits per heavy atom. The number of nitrogens with zero attached hydrogens (tertiary/aromatic N) is 3. The van der Waals surface area contributed by atoms with Gasteiger partial charge in [0.1, 0.15) is 17.1 Å². The topological polar surface area (TPSA) is 49.2 Å². The number of anilines is 3. The van der Waals surface area contributed by atoms with Crippen molar-refractivity contribution >= 4 is 39.9 Å². The van der Waals surface area contributed by atoms with Crippen molar-refractivity contribution in [1.82, 2.24) is 9.97 Å². The molecule has 0 aliphatic carbocycles. The van der Waals surface area contributed by atoms with E-state index in [1.165, 1.54) is 4.90 Å². The van der Waals surface area contributed by atoms with Crippen molar-refractivity contribution in [3.8, 4) is 17.0 Å². The highest BCUT2D eigenvalue weighted by Gasteiger charge is 2.25. The largest absolute Gasteiger partial charge is 0.506 e. The van der Waals surface area contributed by atoms with Crippen molar-refractivity contribution in [3.63, 3.8) is 0 Å². The summed E-state index contributed by atoms with van der Waals surface area (Å²) < 4.78 is 0. The number of fused-ring (bicyclic) bond motifs is 3. The summed E-state index contributed by atoms with van der Waals surface area (Å²) in [6.07, 6.45) is 1.82. The molecule has 5 aromatic rings. The lowest BCUT2D eigenvalue weighted by atomic mass is 10.1. The van der Waals surface area contributed by atoms with E-state index in [4.69, 9.17) is 4.98 Å². The average Bonchev–Trinajstić information content (AvgIpc) is 2.83. The average molecular weight is 420 g/mol. The second-order valence-electron chi connectivity index (χ2n) is 7.32. The molecule has 5 heteroatoms. The minimum atomic E-state index is 0.192. The zero-order valence-corrected chi connectivity index (χ0v) is 17.3. The molecule has 0 fully saturated rings. The summed E-state index contributed by atoms with van der Waals surface area (Å²) in [6.45, 7) is 0. The van der Waals surface area contributed by atoms with Crippen LogP contribution in [-0.2, 0) is 0 Å². The molecule has 2 aromatic heterocycles. The number of hydrogen-bond acceptors (Lipinski definition) is 5. The number of benzene rings is 3. The Balaban J connectivity index is 1.54. The van der Waals surface area contributed by atoms with Gasteiger partial charge in [0.05, 0.1) is 17.1 Å². The summed E-state index contributed by atoms with van der Waals surface area (Å²) >= 11 is 1.76. The maximum absolute atomic E-state index is 10.3. The van der Waals surface area contributed by atoms with Crippen LogP contribution >= 0.6 is 11.8 Å². The summed E-state index contributed by atoms with van der Waals surface area (Å²) in [5.74, 6) is 1.06. The molecular formula is C26H17N3OS. The SMILES string of the molecule is Oc1cccc2ccc(-c3ccc4c(c3)N(c3ccccn3)c3ccccc3S4)nc12. The highest BCUT2D eigenvalue weighted by atomic mass is 32.2. The second-order valence-corrected chi connectivity index (χ2v) is 8.40. The molecule has 0 unspecified atom stereocenters. The Kier molecular flexibility index (Phi) is 4.14. The molecule has 0 spiro atoms. The number of phenolic OH excluding ortho intramolecular Hbond substituents is 1. The summed E-state index contributed by atoms with van der Waals surface area (Å²) in [7, 11) is 0. The van der Waals surface area contributed by atoms with E-state index in [1.54, 1.807) is 17.8 Å². The molecule has 0 atom stereocenters. The zero-order chi connectivity index (χ0) is 20.8. The first-order valence-corrected chi connectivity index (χ1v) is 10.8. The molecule has 0 amide bonds. The molecule has 3 heterocycles. The third-order valence-corrected chi connectivity index (χ3v) is 6.53. The van der Waals surface area contributed by atoms with Gasteiger partial charge in [-0.05, 0) is 48.5 Å². The van der Waals surface area contributed by atoms with Gasteiger partial charge in [-0.3, -0.25) is 4.90 Å². The number of rotatable bonds is 2. The van der Waals surface area contributed by atoms with E-state index in [-0.39, 0.29) is 5.75 Å². The van der Waals surface area contributed by atoms with Crippen LogP contribution in [-0.4, -0.2) is 15.1 Å². The molecule has 1 aliphatic rings. The summed E-state index contributed by atoms with van der Waals surface area (Å²) in [5, 5.41) is 11.2. The molecule has 4 nitrogen and oxygen atoms in total. The van der Waals surface area contributed by atoms with Crippen molar-refractivity contribution < 1.29 is 5.11 Å². The van der Waals surface area contributed by atoms with Crippen LogP contribution in [0.3, 0.4) is 0 Å². The number of hydrogen-bond donors (Lipinski definition) is 1. The molecule has 31 heavy (non-hydrogen) atoms. The van der Waals surface area contributed by atoms with Gasteiger partial charge in [0.25, 0.3) is 0 Å². The van der Waals surface area contributed by atoms with Gasteiger partial charge in [-0.1, -0.05) is 54.2 Å². The summed E-state index contributed by atoms with van der Waals surface area (Å²) in [5.41, 5.74) is 4.60. The summed E-state index contributed by atoms with van der Waals surface area (Å²) in [4.78, 5) is 13.9. The van der Waals surface area contributed by atoms with Gasteiger partial charge in [-0.25, -0.2) is 9.97 Å². The van der Waals surface area contributed by atoms with Crippen LogP contribution in [0.2, 0.25) is 0 Å². The van der Waals surface area contributed by atoms with Crippen molar-refractivity contribution in [2.75, 3.05) is 4.90 Å². The second kappa shape index (κ2) is 7.15. The first-order chi connectivity index (χ1) is 15.3. The summed E-state index contributed by atoms with van der Waals surface area (Å²) in [6, 6.07) is 30.2. The Labute approximate surface area is 183 Å². The maximum atomic E-state index is 10.3. The number of pyridine rings is 2. The van der Waals surface area contributed by atoms with Gasteiger partial charge < -0.3 is 5.11 Å². The molecule has 6 rings (SSSR count). The molecule has 0 bridgehead atoms. The molecule has 1 aliphatic heterocycles. The Bertz CT molecular complexity index is 1440. The Hall–Kier alpha value is -3.83. The number of aromatic nitrogens is 2. The molecule has 1 N–H and O–H groups in total. The van der Waals surface area contributed by atoms with Crippen molar-refractivity contribution in [1.29, 1.82) is 0 Å². The zero-order valence-electron chi connectivity index (χ0n) is 16.4. The van der Waals surface area contributed by atoms with Crippen LogP contribution in [0.4, 0.5) is 17.2 Å². The normalized spacial score (nSPS) is 12.5. The molecular weight excluding hydrogens is 402 g/mol. The highest BCUT2D eigenvalue weighted by Crippen LogP contribution is 2.51. The fraction of sp³-hybridized carbons (Fsp3) is 0. The maximum Gasteiger partial charge on any atom is 0.141 e. The van der Waals surface area contributed by atoms with Gasteiger partial charge in [-0.15, -0.1) is 0 Å². The Morgan fingerprint density at radius 1 is 0.742 bits per heavy atom. The minimum absolute atomic E-state index is 0.192. The van der Waals surface area contributed by atoms with Gasteiger partial charge in [0, 0.05) is 26.9 Å². The number of para-hydroxylation sites is 2. The predicted molar refractivity (Wildman–Crippen MR) is 125 cm³/mol. The lowest BCUT2D eigenvalue weighted by Gasteiger charge is -2.32.